The lowest BCUT2D eigenvalue weighted by molar-refractivity contribution is 0.548. The number of hydrogen-bond donors (Lipinski definition) is 1. The van der Waals surface area contributed by atoms with E-state index >= 15 is 0 Å². The lowest BCUT2D eigenvalue weighted by Crippen LogP contribution is -2.20. The van der Waals surface area contributed by atoms with E-state index in [2.05, 4.69) is 48.5 Å². The molecule has 2 rings (SSSR count). The van der Waals surface area contributed by atoms with Crippen LogP contribution in [0.4, 0.5) is 0 Å². The summed E-state index contributed by atoms with van der Waals surface area (Å²) in [5.41, 5.74) is 4.47. The van der Waals surface area contributed by atoms with Crippen LogP contribution in [0.1, 0.15) is 35.5 Å². The topological polar surface area (TPSA) is 29.9 Å². The number of hydrogen-bond acceptors (Lipinski definition) is 2. The van der Waals surface area contributed by atoms with Gasteiger partial charge in [-0.15, -0.1) is 0 Å². The quantitative estimate of drug-likeness (QED) is 0.926. The van der Waals surface area contributed by atoms with Gasteiger partial charge in [0.05, 0.1) is 16.4 Å². The molecule has 0 radical (unpaired) electrons. The van der Waals surface area contributed by atoms with Gasteiger partial charge in [-0.05, 0) is 26.3 Å². The zero-order chi connectivity index (χ0) is 14.0. The zero-order valence-electron chi connectivity index (χ0n) is 11.9. The van der Waals surface area contributed by atoms with Gasteiger partial charge >= 0.3 is 0 Å². The van der Waals surface area contributed by atoms with Gasteiger partial charge in [-0.2, -0.15) is 5.10 Å². The first-order chi connectivity index (χ1) is 8.99. The molecule has 0 fully saturated rings. The van der Waals surface area contributed by atoms with Gasteiger partial charge in [0.2, 0.25) is 0 Å². The second kappa shape index (κ2) is 5.76. The third-order valence-electron chi connectivity index (χ3n) is 3.38. The van der Waals surface area contributed by atoms with E-state index in [-0.39, 0.29) is 6.04 Å². The Kier molecular flexibility index (Phi) is 4.27. The minimum atomic E-state index is 0.283. The lowest BCUT2D eigenvalue weighted by atomic mass is 10.1. The van der Waals surface area contributed by atoms with Crippen LogP contribution in [0.3, 0.4) is 0 Å². The summed E-state index contributed by atoms with van der Waals surface area (Å²) in [5, 5.41) is 8.57. The molecular weight excluding hydrogens is 258 g/mol. The molecule has 102 valence electrons. The van der Waals surface area contributed by atoms with Crippen LogP contribution in [0.2, 0.25) is 5.02 Å². The number of rotatable bonds is 4. The average molecular weight is 278 g/mol. The fourth-order valence-corrected chi connectivity index (χ4v) is 2.41. The maximum atomic E-state index is 6.25. The van der Waals surface area contributed by atoms with Crippen molar-refractivity contribution in [1.82, 2.24) is 15.1 Å². The Bertz CT molecular complexity index is 575. The zero-order valence-corrected chi connectivity index (χ0v) is 12.6. The first-order valence-corrected chi connectivity index (χ1v) is 6.84. The SMILES string of the molecule is Cc1cccc([C@@H](C)NCc2c(Cl)c(C)nn2C)c1. The van der Waals surface area contributed by atoms with Crippen molar-refractivity contribution in [2.75, 3.05) is 0 Å². The van der Waals surface area contributed by atoms with Crippen molar-refractivity contribution >= 4 is 11.6 Å². The molecule has 0 aliphatic heterocycles. The van der Waals surface area contributed by atoms with Gasteiger partial charge in [0.1, 0.15) is 0 Å². The van der Waals surface area contributed by atoms with Gasteiger partial charge in [-0.1, -0.05) is 41.4 Å². The standard InChI is InChI=1S/C15H20ClN3/c1-10-6-5-7-13(8-10)11(2)17-9-14-15(16)12(3)18-19(14)4/h5-8,11,17H,9H2,1-4H3/t11-/m1/s1. The molecule has 0 unspecified atom stereocenters. The Hall–Kier alpha value is -1.32. The second-order valence-electron chi connectivity index (χ2n) is 4.99. The van der Waals surface area contributed by atoms with Gasteiger partial charge in [-0.25, -0.2) is 0 Å². The van der Waals surface area contributed by atoms with Crippen molar-refractivity contribution < 1.29 is 0 Å². The van der Waals surface area contributed by atoms with E-state index in [0.29, 0.717) is 6.54 Å². The summed E-state index contributed by atoms with van der Waals surface area (Å²) in [6.07, 6.45) is 0. The molecule has 0 amide bonds. The highest BCUT2D eigenvalue weighted by atomic mass is 35.5. The van der Waals surface area contributed by atoms with Gasteiger partial charge in [0, 0.05) is 19.6 Å². The van der Waals surface area contributed by atoms with Gasteiger partial charge in [-0.3, -0.25) is 4.68 Å². The predicted octanol–water partition coefficient (Wildman–Crippen LogP) is 3.54. The normalized spacial score (nSPS) is 12.7. The molecule has 1 aromatic heterocycles. The van der Waals surface area contributed by atoms with Gasteiger partial charge in [0.25, 0.3) is 0 Å². The summed E-state index contributed by atoms with van der Waals surface area (Å²) in [7, 11) is 1.92. The molecule has 0 saturated carbocycles. The summed E-state index contributed by atoms with van der Waals surface area (Å²) >= 11 is 6.25. The highest BCUT2D eigenvalue weighted by Crippen LogP contribution is 2.20. The maximum absolute atomic E-state index is 6.25. The summed E-state index contributed by atoms with van der Waals surface area (Å²) in [4.78, 5) is 0. The molecule has 0 aliphatic carbocycles. The van der Waals surface area contributed by atoms with Crippen molar-refractivity contribution in [1.29, 1.82) is 0 Å². The average Bonchev–Trinajstić information content (AvgIpc) is 2.61. The molecule has 1 aromatic carbocycles. The molecule has 0 bridgehead atoms. The van der Waals surface area contributed by atoms with Gasteiger partial charge in [0.15, 0.2) is 0 Å². The van der Waals surface area contributed by atoms with Crippen molar-refractivity contribution in [2.45, 2.75) is 33.4 Å². The second-order valence-corrected chi connectivity index (χ2v) is 5.36. The largest absolute Gasteiger partial charge is 0.305 e. The van der Waals surface area contributed by atoms with E-state index in [9.17, 15) is 0 Å². The van der Waals surface area contributed by atoms with E-state index < -0.39 is 0 Å². The smallest absolute Gasteiger partial charge is 0.0860 e. The van der Waals surface area contributed by atoms with E-state index in [4.69, 9.17) is 11.6 Å². The molecule has 1 N–H and O–H groups in total. The summed E-state index contributed by atoms with van der Waals surface area (Å²) < 4.78 is 1.84. The van der Waals surface area contributed by atoms with Crippen LogP contribution in [0, 0.1) is 13.8 Å². The monoisotopic (exact) mass is 277 g/mol. The number of benzene rings is 1. The van der Waals surface area contributed by atoms with E-state index in [1.807, 2.05) is 18.7 Å². The van der Waals surface area contributed by atoms with Crippen molar-refractivity contribution in [2.24, 2.45) is 7.05 Å². The van der Waals surface area contributed by atoms with Crippen LogP contribution in [0.25, 0.3) is 0 Å². The molecular formula is C15H20ClN3. The molecule has 2 aromatic rings. The highest BCUT2D eigenvalue weighted by molar-refractivity contribution is 6.31. The van der Waals surface area contributed by atoms with E-state index in [1.165, 1.54) is 11.1 Å². The molecule has 19 heavy (non-hydrogen) atoms. The Balaban J connectivity index is 2.06. The third kappa shape index (κ3) is 3.17. The van der Waals surface area contributed by atoms with Crippen LogP contribution in [0.15, 0.2) is 24.3 Å². The van der Waals surface area contributed by atoms with Crippen LogP contribution in [-0.2, 0) is 13.6 Å². The van der Waals surface area contributed by atoms with Crippen molar-refractivity contribution in [3.8, 4) is 0 Å². The molecule has 1 heterocycles. The molecule has 0 aliphatic rings. The summed E-state index contributed by atoms with van der Waals surface area (Å²) in [6.45, 7) is 6.91. The van der Waals surface area contributed by atoms with Crippen molar-refractivity contribution in [3.63, 3.8) is 0 Å². The van der Waals surface area contributed by atoms with Crippen molar-refractivity contribution in [3.05, 3.63) is 51.8 Å². The fraction of sp³-hybridized carbons (Fsp3) is 0.400. The number of halogens is 1. The van der Waals surface area contributed by atoms with E-state index in [1.54, 1.807) is 0 Å². The van der Waals surface area contributed by atoms with E-state index in [0.717, 1.165) is 16.4 Å². The molecule has 0 saturated heterocycles. The van der Waals surface area contributed by atoms with Crippen LogP contribution in [-0.4, -0.2) is 9.78 Å². The molecule has 3 nitrogen and oxygen atoms in total. The minimum absolute atomic E-state index is 0.283. The highest BCUT2D eigenvalue weighted by Gasteiger charge is 2.12. The molecule has 4 heteroatoms. The molecule has 1 atom stereocenters. The third-order valence-corrected chi connectivity index (χ3v) is 3.87. The fourth-order valence-electron chi connectivity index (χ4n) is 2.18. The van der Waals surface area contributed by atoms with Gasteiger partial charge < -0.3 is 5.32 Å². The summed E-state index contributed by atoms with van der Waals surface area (Å²) in [6, 6.07) is 8.82. The lowest BCUT2D eigenvalue weighted by Gasteiger charge is -2.15. The predicted molar refractivity (Wildman–Crippen MR) is 79.4 cm³/mol. The Morgan fingerprint density at radius 2 is 2.11 bits per heavy atom. The first-order valence-electron chi connectivity index (χ1n) is 6.47. The Morgan fingerprint density at radius 3 is 2.68 bits per heavy atom. The first kappa shape index (κ1) is 14.1. The molecule has 0 spiro atoms. The number of aryl methyl sites for hydroxylation is 3. The van der Waals surface area contributed by atoms with Crippen LogP contribution >= 0.6 is 11.6 Å². The number of aromatic nitrogens is 2. The maximum Gasteiger partial charge on any atom is 0.0860 e. The summed E-state index contributed by atoms with van der Waals surface area (Å²) in [5.74, 6) is 0. The Labute approximate surface area is 119 Å². The number of nitrogens with zero attached hydrogens (tertiary/aromatic N) is 2. The number of nitrogens with one attached hydrogen (secondary N) is 1. The Morgan fingerprint density at radius 1 is 1.37 bits per heavy atom. The van der Waals surface area contributed by atoms with Crippen LogP contribution < -0.4 is 5.32 Å². The van der Waals surface area contributed by atoms with Crippen LogP contribution in [0.5, 0.6) is 0 Å². The minimum Gasteiger partial charge on any atom is -0.305 e.